The van der Waals surface area contributed by atoms with Crippen molar-refractivity contribution in [3.63, 3.8) is 0 Å². The lowest BCUT2D eigenvalue weighted by atomic mass is 9.89. The number of piperidine rings is 1. The molecule has 1 amide bonds. The molecule has 6 heteroatoms. The SMILES string of the molecule is CN1CC2(CCN(c3cnc4ccccc4n3)CC2)OCC1=O. The third-order valence-corrected chi connectivity index (χ3v) is 4.89. The number of morpholine rings is 1. The van der Waals surface area contributed by atoms with Crippen molar-refractivity contribution < 1.29 is 9.53 Å². The number of amides is 1. The van der Waals surface area contributed by atoms with E-state index in [9.17, 15) is 4.79 Å². The molecule has 23 heavy (non-hydrogen) atoms. The smallest absolute Gasteiger partial charge is 0.248 e. The Morgan fingerprint density at radius 3 is 2.65 bits per heavy atom. The van der Waals surface area contributed by atoms with Gasteiger partial charge in [-0.1, -0.05) is 12.1 Å². The van der Waals surface area contributed by atoms with Crippen molar-refractivity contribution in [1.82, 2.24) is 14.9 Å². The summed E-state index contributed by atoms with van der Waals surface area (Å²) >= 11 is 0. The minimum atomic E-state index is -0.191. The first kappa shape index (κ1) is 14.4. The fourth-order valence-electron chi connectivity index (χ4n) is 3.44. The summed E-state index contributed by atoms with van der Waals surface area (Å²) in [6.07, 6.45) is 3.65. The van der Waals surface area contributed by atoms with E-state index in [4.69, 9.17) is 9.72 Å². The van der Waals surface area contributed by atoms with Crippen molar-refractivity contribution in [2.75, 3.05) is 38.2 Å². The second-order valence-corrected chi connectivity index (χ2v) is 6.43. The van der Waals surface area contributed by atoms with Crippen LogP contribution in [0.5, 0.6) is 0 Å². The normalized spacial score (nSPS) is 21.2. The molecule has 2 aliphatic rings. The average Bonchev–Trinajstić information content (AvgIpc) is 2.59. The van der Waals surface area contributed by atoms with Crippen molar-refractivity contribution >= 4 is 22.8 Å². The van der Waals surface area contributed by atoms with Crippen LogP contribution >= 0.6 is 0 Å². The summed E-state index contributed by atoms with van der Waals surface area (Å²) in [5, 5.41) is 0. The Hall–Kier alpha value is -2.21. The Morgan fingerprint density at radius 1 is 1.17 bits per heavy atom. The molecule has 0 aliphatic carbocycles. The van der Waals surface area contributed by atoms with Gasteiger partial charge in [0.2, 0.25) is 5.91 Å². The van der Waals surface area contributed by atoms with Crippen LogP contribution in [0.2, 0.25) is 0 Å². The molecule has 1 spiro atoms. The Labute approximate surface area is 135 Å². The van der Waals surface area contributed by atoms with Crippen molar-refractivity contribution in [2.45, 2.75) is 18.4 Å². The summed E-state index contributed by atoms with van der Waals surface area (Å²) in [5.41, 5.74) is 1.65. The third kappa shape index (κ3) is 2.63. The lowest BCUT2D eigenvalue weighted by molar-refractivity contribution is -0.164. The summed E-state index contributed by atoms with van der Waals surface area (Å²) in [5.74, 6) is 0.984. The monoisotopic (exact) mass is 312 g/mol. The van der Waals surface area contributed by atoms with Crippen LogP contribution in [0.25, 0.3) is 11.0 Å². The molecule has 0 unspecified atom stereocenters. The van der Waals surface area contributed by atoms with Gasteiger partial charge in [-0.25, -0.2) is 4.98 Å². The Morgan fingerprint density at radius 2 is 1.91 bits per heavy atom. The van der Waals surface area contributed by atoms with Gasteiger partial charge < -0.3 is 14.5 Å². The van der Waals surface area contributed by atoms with Gasteiger partial charge in [-0.3, -0.25) is 9.78 Å². The molecule has 1 aromatic carbocycles. The van der Waals surface area contributed by atoms with E-state index in [-0.39, 0.29) is 18.1 Å². The van der Waals surface area contributed by atoms with Crippen molar-refractivity contribution in [3.8, 4) is 0 Å². The van der Waals surface area contributed by atoms with E-state index in [1.807, 2.05) is 37.5 Å². The number of carbonyl (C=O) groups excluding carboxylic acids is 1. The molecule has 3 heterocycles. The Balaban J connectivity index is 1.49. The van der Waals surface area contributed by atoms with Crippen molar-refractivity contribution in [1.29, 1.82) is 0 Å². The number of carbonyl (C=O) groups is 1. The van der Waals surface area contributed by atoms with E-state index in [1.165, 1.54) is 0 Å². The molecule has 0 saturated carbocycles. The molecule has 0 radical (unpaired) electrons. The lowest BCUT2D eigenvalue weighted by Gasteiger charge is -2.46. The van der Waals surface area contributed by atoms with Gasteiger partial charge in [0.25, 0.3) is 0 Å². The Kier molecular flexibility index (Phi) is 3.41. The van der Waals surface area contributed by atoms with E-state index >= 15 is 0 Å². The number of nitrogens with zero attached hydrogens (tertiary/aromatic N) is 4. The number of fused-ring (bicyclic) bond motifs is 1. The maximum atomic E-state index is 11.6. The molecule has 4 rings (SSSR count). The number of para-hydroxylation sites is 2. The zero-order chi connectivity index (χ0) is 15.9. The number of hydrogen-bond donors (Lipinski definition) is 0. The first-order valence-corrected chi connectivity index (χ1v) is 8.00. The van der Waals surface area contributed by atoms with Crippen LogP contribution in [0.3, 0.4) is 0 Å². The largest absolute Gasteiger partial charge is 0.363 e. The third-order valence-electron chi connectivity index (χ3n) is 4.89. The summed E-state index contributed by atoms with van der Waals surface area (Å²) in [6, 6.07) is 7.91. The minimum absolute atomic E-state index is 0.0680. The fraction of sp³-hybridized carbons (Fsp3) is 0.471. The van der Waals surface area contributed by atoms with Gasteiger partial charge in [0, 0.05) is 26.7 Å². The van der Waals surface area contributed by atoms with E-state index in [1.54, 1.807) is 4.90 Å². The molecule has 120 valence electrons. The van der Waals surface area contributed by atoms with Crippen LogP contribution < -0.4 is 4.90 Å². The number of ether oxygens (including phenoxy) is 1. The van der Waals surface area contributed by atoms with Gasteiger partial charge in [0.05, 0.1) is 22.8 Å². The molecule has 2 saturated heterocycles. The van der Waals surface area contributed by atoms with Gasteiger partial charge in [0.15, 0.2) is 0 Å². The highest BCUT2D eigenvalue weighted by atomic mass is 16.5. The Bertz CT molecular complexity index is 740. The maximum absolute atomic E-state index is 11.6. The second-order valence-electron chi connectivity index (χ2n) is 6.43. The van der Waals surface area contributed by atoms with Gasteiger partial charge >= 0.3 is 0 Å². The van der Waals surface area contributed by atoms with Crippen molar-refractivity contribution in [2.24, 2.45) is 0 Å². The molecule has 0 N–H and O–H groups in total. The second kappa shape index (κ2) is 5.45. The van der Waals surface area contributed by atoms with Crippen LogP contribution in [-0.4, -0.2) is 59.7 Å². The molecular weight excluding hydrogens is 292 g/mol. The van der Waals surface area contributed by atoms with Crippen LogP contribution in [0, 0.1) is 0 Å². The van der Waals surface area contributed by atoms with Crippen molar-refractivity contribution in [3.05, 3.63) is 30.5 Å². The number of aromatic nitrogens is 2. The zero-order valence-corrected chi connectivity index (χ0v) is 13.2. The molecule has 6 nitrogen and oxygen atoms in total. The van der Waals surface area contributed by atoms with E-state index < -0.39 is 0 Å². The fourth-order valence-corrected chi connectivity index (χ4v) is 3.44. The van der Waals surface area contributed by atoms with Gasteiger partial charge in [-0.05, 0) is 25.0 Å². The van der Waals surface area contributed by atoms with Gasteiger partial charge in [0.1, 0.15) is 12.4 Å². The van der Waals surface area contributed by atoms with E-state index in [0.717, 1.165) is 42.8 Å². The molecule has 0 atom stereocenters. The molecule has 2 aromatic rings. The summed E-state index contributed by atoms with van der Waals surface area (Å²) < 4.78 is 5.89. The topological polar surface area (TPSA) is 58.6 Å². The van der Waals surface area contributed by atoms with Crippen LogP contribution in [-0.2, 0) is 9.53 Å². The minimum Gasteiger partial charge on any atom is -0.363 e. The predicted octanol–water partition coefficient (Wildman–Crippen LogP) is 1.46. The first-order valence-electron chi connectivity index (χ1n) is 8.00. The number of anilines is 1. The van der Waals surface area contributed by atoms with Gasteiger partial charge in [-0.15, -0.1) is 0 Å². The lowest BCUT2D eigenvalue weighted by Crippen LogP contribution is -2.57. The van der Waals surface area contributed by atoms with Gasteiger partial charge in [-0.2, -0.15) is 0 Å². The molecule has 2 aliphatic heterocycles. The number of rotatable bonds is 1. The highest BCUT2D eigenvalue weighted by molar-refractivity contribution is 5.78. The summed E-state index contributed by atoms with van der Waals surface area (Å²) in [4.78, 5) is 24.9. The van der Waals surface area contributed by atoms with Crippen LogP contribution in [0.4, 0.5) is 5.82 Å². The molecular formula is C17H20N4O2. The van der Waals surface area contributed by atoms with E-state index in [0.29, 0.717) is 6.54 Å². The highest BCUT2D eigenvalue weighted by Gasteiger charge is 2.41. The predicted molar refractivity (Wildman–Crippen MR) is 87.3 cm³/mol. The molecule has 0 bridgehead atoms. The summed E-state index contributed by atoms with van der Waals surface area (Å²) in [7, 11) is 1.85. The maximum Gasteiger partial charge on any atom is 0.248 e. The standard InChI is InChI=1S/C17H20N4O2/c1-20-12-17(23-11-16(20)22)6-8-21(9-7-17)15-10-18-13-4-2-3-5-14(13)19-15/h2-5,10H,6-9,11-12H2,1H3. The average molecular weight is 312 g/mol. The van der Waals surface area contributed by atoms with Crippen LogP contribution in [0.15, 0.2) is 30.5 Å². The van der Waals surface area contributed by atoms with E-state index in [2.05, 4.69) is 9.88 Å². The van der Waals surface area contributed by atoms with Crippen LogP contribution in [0.1, 0.15) is 12.8 Å². The number of hydrogen-bond acceptors (Lipinski definition) is 5. The molecule has 1 aromatic heterocycles. The first-order chi connectivity index (χ1) is 11.2. The molecule has 2 fully saturated rings. The zero-order valence-electron chi connectivity index (χ0n) is 13.2. The quantitative estimate of drug-likeness (QED) is 0.798. The summed E-state index contributed by atoms with van der Waals surface area (Å²) in [6.45, 7) is 2.62. The number of likely N-dealkylation sites (N-methyl/N-ethyl adjacent to an activating group) is 1. The number of benzene rings is 1. The highest BCUT2D eigenvalue weighted by Crippen LogP contribution is 2.31.